The maximum Gasteiger partial charge on any atom is 0.237 e. The first-order chi connectivity index (χ1) is 14.3. The number of ether oxygens (including phenoxy) is 1. The van der Waals surface area contributed by atoms with Gasteiger partial charge in [0.2, 0.25) is 11.7 Å². The number of nitrogens with one attached hydrogen (secondary N) is 1. The van der Waals surface area contributed by atoms with Gasteiger partial charge in [0.15, 0.2) is 5.69 Å². The second-order valence-electron chi connectivity index (χ2n) is 6.43. The number of hydrogen-bond donors (Lipinski definition) is 1. The summed E-state index contributed by atoms with van der Waals surface area (Å²) in [6, 6.07) is 26.5. The molecule has 0 unspecified atom stereocenters. The minimum Gasteiger partial charge on any atom is -0.497 e. The molecule has 0 aliphatic rings. The lowest BCUT2D eigenvalue weighted by Crippen LogP contribution is -2.22. The van der Waals surface area contributed by atoms with Gasteiger partial charge < -0.3 is 10.1 Å². The fraction of sp³-hybridized carbons (Fsp3) is 0.0870. The number of aromatic nitrogens is 2. The number of rotatable bonds is 6. The van der Waals surface area contributed by atoms with Gasteiger partial charge >= 0.3 is 0 Å². The standard InChI is InChI=1S/C23H19N3O3/c1-28-19-14-12-18(13-15-19)21-22(26-29-25-21)24-23(27)20(16-8-4-2-5-9-16)17-10-6-3-7-11-17/h2-15,20H,1H3,(H,24,26,27). The van der Waals surface area contributed by atoms with E-state index in [1.54, 1.807) is 7.11 Å². The van der Waals surface area contributed by atoms with Crippen molar-refractivity contribution in [2.24, 2.45) is 0 Å². The number of carbonyl (C=O) groups is 1. The predicted octanol–water partition coefficient (Wildman–Crippen LogP) is 4.52. The van der Waals surface area contributed by atoms with Gasteiger partial charge in [0.25, 0.3) is 0 Å². The normalized spacial score (nSPS) is 10.7. The highest BCUT2D eigenvalue weighted by Crippen LogP contribution is 2.29. The Labute approximate surface area is 168 Å². The van der Waals surface area contributed by atoms with E-state index >= 15 is 0 Å². The van der Waals surface area contributed by atoms with E-state index in [0.29, 0.717) is 5.69 Å². The first kappa shape index (κ1) is 18.4. The summed E-state index contributed by atoms with van der Waals surface area (Å²) in [5, 5.41) is 10.7. The van der Waals surface area contributed by atoms with Crippen molar-refractivity contribution in [3.63, 3.8) is 0 Å². The van der Waals surface area contributed by atoms with Crippen LogP contribution in [0.5, 0.6) is 5.75 Å². The molecule has 1 aromatic heterocycles. The molecule has 0 spiro atoms. The van der Waals surface area contributed by atoms with Crippen molar-refractivity contribution in [1.82, 2.24) is 10.3 Å². The molecule has 3 aromatic carbocycles. The Hall–Kier alpha value is -3.93. The van der Waals surface area contributed by atoms with E-state index in [9.17, 15) is 4.79 Å². The van der Waals surface area contributed by atoms with Crippen LogP contribution in [0, 0.1) is 0 Å². The maximum atomic E-state index is 13.3. The summed E-state index contributed by atoms with van der Waals surface area (Å²) in [7, 11) is 1.60. The summed E-state index contributed by atoms with van der Waals surface area (Å²) >= 11 is 0. The van der Waals surface area contributed by atoms with Crippen LogP contribution >= 0.6 is 0 Å². The minimum atomic E-state index is -0.488. The Balaban J connectivity index is 1.65. The molecule has 0 saturated carbocycles. The third-order valence-electron chi connectivity index (χ3n) is 4.62. The van der Waals surface area contributed by atoms with Crippen LogP contribution in [0.25, 0.3) is 11.3 Å². The van der Waals surface area contributed by atoms with Crippen LogP contribution in [-0.2, 0) is 4.79 Å². The SMILES string of the molecule is COc1ccc(-c2nonc2NC(=O)C(c2ccccc2)c2ccccc2)cc1. The Kier molecular flexibility index (Phi) is 5.33. The molecule has 6 nitrogen and oxygen atoms in total. The lowest BCUT2D eigenvalue weighted by atomic mass is 9.90. The highest BCUT2D eigenvalue weighted by molar-refractivity contribution is 5.99. The van der Waals surface area contributed by atoms with Crippen molar-refractivity contribution in [3.05, 3.63) is 96.1 Å². The average molecular weight is 385 g/mol. The molecule has 1 heterocycles. The predicted molar refractivity (Wildman–Crippen MR) is 110 cm³/mol. The van der Waals surface area contributed by atoms with Crippen LogP contribution in [0.2, 0.25) is 0 Å². The number of hydrogen-bond acceptors (Lipinski definition) is 5. The van der Waals surface area contributed by atoms with E-state index in [1.165, 1.54) is 0 Å². The first-order valence-corrected chi connectivity index (χ1v) is 9.14. The lowest BCUT2D eigenvalue weighted by Gasteiger charge is -2.17. The van der Waals surface area contributed by atoms with Gasteiger partial charge in [0, 0.05) is 5.56 Å². The topological polar surface area (TPSA) is 77.2 Å². The van der Waals surface area contributed by atoms with Gasteiger partial charge in [0.1, 0.15) is 5.75 Å². The number of anilines is 1. The number of carbonyl (C=O) groups excluding carboxylic acids is 1. The molecule has 6 heteroatoms. The van der Waals surface area contributed by atoms with Crippen molar-refractivity contribution in [2.45, 2.75) is 5.92 Å². The molecule has 0 atom stereocenters. The van der Waals surface area contributed by atoms with Crippen molar-refractivity contribution >= 4 is 11.7 Å². The summed E-state index contributed by atoms with van der Waals surface area (Å²) in [6.45, 7) is 0. The summed E-state index contributed by atoms with van der Waals surface area (Å²) in [6.07, 6.45) is 0. The molecule has 0 fully saturated rings. The van der Waals surface area contributed by atoms with Crippen LogP contribution in [0.4, 0.5) is 5.82 Å². The van der Waals surface area contributed by atoms with Crippen LogP contribution < -0.4 is 10.1 Å². The number of methoxy groups -OCH3 is 1. The highest BCUT2D eigenvalue weighted by atomic mass is 16.6. The van der Waals surface area contributed by atoms with Crippen molar-refractivity contribution < 1.29 is 14.2 Å². The summed E-state index contributed by atoms with van der Waals surface area (Å²) in [4.78, 5) is 13.3. The van der Waals surface area contributed by atoms with Crippen LogP contribution in [0.15, 0.2) is 89.6 Å². The summed E-state index contributed by atoms with van der Waals surface area (Å²) in [5.74, 6) is 0.298. The molecule has 0 aliphatic heterocycles. The molecule has 4 rings (SSSR count). The maximum absolute atomic E-state index is 13.3. The molecule has 1 amide bonds. The molecule has 4 aromatic rings. The van der Waals surface area contributed by atoms with Crippen molar-refractivity contribution in [2.75, 3.05) is 12.4 Å². The molecule has 1 N–H and O–H groups in total. The number of nitrogens with zero attached hydrogens (tertiary/aromatic N) is 2. The molecule has 0 bridgehead atoms. The fourth-order valence-electron chi connectivity index (χ4n) is 3.18. The van der Waals surface area contributed by atoms with E-state index in [4.69, 9.17) is 9.37 Å². The average Bonchev–Trinajstić information content (AvgIpc) is 3.23. The molecule has 0 saturated heterocycles. The Morgan fingerprint density at radius 2 is 1.45 bits per heavy atom. The van der Waals surface area contributed by atoms with Crippen LogP contribution in [-0.4, -0.2) is 23.3 Å². The second kappa shape index (κ2) is 8.39. The van der Waals surface area contributed by atoms with Gasteiger partial charge in [-0.25, -0.2) is 4.63 Å². The largest absolute Gasteiger partial charge is 0.497 e. The van der Waals surface area contributed by atoms with Crippen molar-refractivity contribution in [3.8, 4) is 17.0 Å². The van der Waals surface area contributed by atoms with Gasteiger partial charge in [0.05, 0.1) is 13.0 Å². The monoisotopic (exact) mass is 385 g/mol. The van der Waals surface area contributed by atoms with Gasteiger partial charge in [-0.2, -0.15) is 0 Å². The third-order valence-corrected chi connectivity index (χ3v) is 4.62. The van der Waals surface area contributed by atoms with E-state index in [2.05, 4.69) is 15.6 Å². The van der Waals surface area contributed by atoms with Gasteiger partial charge in [-0.15, -0.1) is 0 Å². The highest BCUT2D eigenvalue weighted by Gasteiger charge is 2.25. The van der Waals surface area contributed by atoms with E-state index in [1.807, 2.05) is 84.9 Å². The van der Waals surface area contributed by atoms with Crippen LogP contribution in [0.1, 0.15) is 17.0 Å². The molecule has 29 heavy (non-hydrogen) atoms. The quantitative estimate of drug-likeness (QED) is 0.528. The zero-order valence-electron chi connectivity index (χ0n) is 15.8. The molecule has 144 valence electrons. The Morgan fingerprint density at radius 1 is 0.862 bits per heavy atom. The smallest absolute Gasteiger partial charge is 0.237 e. The van der Waals surface area contributed by atoms with Gasteiger partial charge in [-0.05, 0) is 45.7 Å². The van der Waals surface area contributed by atoms with Crippen LogP contribution in [0.3, 0.4) is 0 Å². The Bertz CT molecular complexity index is 1040. The van der Waals surface area contributed by atoms with Crippen molar-refractivity contribution in [1.29, 1.82) is 0 Å². The summed E-state index contributed by atoms with van der Waals surface area (Å²) < 4.78 is 10.1. The number of benzene rings is 3. The lowest BCUT2D eigenvalue weighted by molar-refractivity contribution is -0.116. The zero-order valence-corrected chi connectivity index (χ0v) is 15.8. The first-order valence-electron chi connectivity index (χ1n) is 9.14. The second-order valence-corrected chi connectivity index (χ2v) is 6.43. The molecule has 0 aliphatic carbocycles. The minimum absolute atomic E-state index is 0.215. The molecular formula is C23H19N3O3. The van der Waals surface area contributed by atoms with E-state index in [0.717, 1.165) is 22.4 Å². The van der Waals surface area contributed by atoms with Gasteiger partial charge in [-0.3, -0.25) is 4.79 Å². The Morgan fingerprint density at radius 3 is 2.00 bits per heavy atom. The number of amides is 1. The molecular weight excluding hydrogens is 366 g/mol. The zero-order chi connectivity index (χ0) is 20.1. The van der Waals surface area contributed by atoms with Gasteiger partial charge in [-0.1, -0.05) is 60.7 Å². The fourth-order valence-corrected chi connectivity index (χ4v) is 3.18. The van der Waals surface area contributed by atoms with E-state index < -0.39 is 5.92 Å². The molecule has 0 radical (unpaired) electrons. The third kappa shape index (κ3) is 4.01. The van der Waals surface area contributed by atoms with E-state index in [-0.39, 0.29) is 11.7 Å². The summed E-state index contributed by atoms with van der Waals surface area (Å²) in [5.41, 5.74) is 3.00.